The van der Waals surface area contributed by atoms with Gasteiger partial charge in [-0.15, -0.1) is 0 Å². The SMILES string of the molecule is COc1cc(-c2ccc3c(c2)CCN3)cc(C=O)c1OC. The number of fused-ring (bicyclic) bond motifs is 1. The van der Waals surface area contributed by atoms with Crippen molar-refractivity contribution in [2.75, 3.05) is 26.1 Å². The van der Waals surface area contributed by atoms with Crippen LogP contribution in [0.3, 0.4) is 0 Å². The number of ether oxygens (including phenoxy) is 2. The number of methoxy groups -OCH3 is 2. The van der Waals surface area contributed by atoms with Crippen molar-refractivity contribution in [1.29, 1.82) is 0 Å². The Hall–Kier alpha value is -2.49. The van der Waals surface area contributed by atoms with Crippen LogP contribution in [0.25, 0.3) is 11.1 Å². The van der Waals surface area contributed by atoms with Crippen LogP contribution < -0.4 is 14.8 Å². The van der Waals surface area contributed by atoms with E-state index in [-0.39, 0.29) is 0 Å². The zero-order valence-electron chi connectivity index (χ0n) is 12.1. The number of carbonyl (C=O) groups excluding carboxylic acids is 1. The number of rotatable bonds is 4. The molecule has 0 amide bonds. The van der Waals surface area contributed by atoms with Gasteiger partial charge in [0.05, 0.1) is 19.8 Å². The quantitative estimate of drug-likeness (QED) is 0.876. The first kappa shape index (κ1) is 13.5. The minimum absolute atomic E-state index is 0.471. The molecular weight excluding hydrogens is 266 g/mol. The van der Waals surface area contributed by atoms with Gasteiger partial charge in [0, 0.05) is 12.2 Å². The van der Waals surface area contributed by atoms with Gasteiger partial charge < -0.3 is 14.8 Å². The van der Waals surface area contributed by atoms with E-state index in [4.69, 9.17) is 9.47 Å². The summed E-state index contributed by atoms with van der Waals surface area (Å²) in [6.45, 7) is 0.976. The van der Waals surface area contributed by atoms with Crippen molar-refractivity contribution in [2.24, 2.45) is 0 Å². The summed E-state index contributed by atoms with van der Waals surface area (Å²) >= 11 is 0. The average Bonchev–Trinajstić information content (AvgIpc) is 3.00. The highest BCUT2D eigenvalue weighted by Crippen LogP contribution is 2.37. The Bertz CT molecular complexity index is 695. The molecule has 0 spiro atoms. The summed E-state index contributed by atoms with van der Waals surface area (Å²) in [5.74, 6) is 1.04. The third-order valence-corrected chi connectivity index (χ3v) is 3.78. The molecule has 2 aromatic rings. The summed E-state index contributed by atoms with van der Waals surface area (Å²) in [5.41, 5.74) is 5.00. The number of carbonyl (C=O) groups is 1. The molecule has 2 aromatic carbocycles. The molecule has 0 bridgehead atoms. The van der Waals surface area contributed by atoms with Gasteiger partial charge in [-0.1, -0.05) is 6.07 Å². The molecule has 3 rings (SSSR count). The van der Waals surface area contributed by atoms with Gasteiger partial charge in [-0.05, 0) is 47.4 Å². The van der Waals surface area contributed by atoms with Gasteiger partial charge in [-0.3, -0.25) is 4.79 Å². The Kier molecular flexibility index (Phi) is 3.52. The molecule has 1 heterocycles. The molecule has 0 aliphatic carbocycles. The molecular formula is C17H17NO3. The second kappa shape index (κ2) is 5.48. The Morgan fingerprint density at radius 3 is 2.67 bits per heavy atom. The van der Waals surface area contributed by atoms with Crippen LogP contribution in [0.4, 0.5) is 5.69 Å². The molecule has 0 radical (unpaired) electrons. The summed E-state index contributed by atoms with van der Waals surface area (Å²) in [5, 5.41) is 3.34. The molecule has 1 aliphatic rings. The van der Waals surface area contributed by atoms with Crippen LogP contribution in [0.5, 0.6) is 11.5 Å². The number of hydrogen-bond donors (Lipinski definition) is 1. The molecule has 4 heteroatoms. The van der Waals surface area contributed by atoms with Crippen LogP contribution in [0.1, 0.15) is 15.9 Å². The monoisotopic (exact) mass is 283 g/mol. The molecule has 0 saturated carbocycles. The van der Waals surface area contributed by atoms with Crippen molar-refractivity contribution < 1.29 is 14.3 Å². The molecule has 0 saturated heterocycles. The number of benzene rings is 2. The van der Waals surface area contributed by atoms with Gasteiger partial charge in [0.25, 0.3) is 0 Å². The summed E-state index contributed by atoms with van der Waals surface area (Å²) < 4.78 is 10.6. The Morgan fingerprint density at radius 1 is 1.10 bits per heavy atom. The summed E-state index contributed by atoms with van der Waals surface area (Å²) in [4.78, 5) is 11.3. The van der Waals surface area contributed by atoms with E-state index in [1.54, 1.807) is 7.11 Å². The van der Waals surface area contributed by atoms with E-state index >= 15 is 0 Å². The number of aldehydes is 1. The largest absolute Gasteiger partial charge is 0.493 e. The van der Waals surface area contributed by atoms with E-state index in [0.717, 1.165) is 30.4 Å². The molecule has 1 aliphatic heterocycles. The lowest BCUT2D eigenvalue weighted by molar-refractivity contribution is 0.112. The topological polar surface area (TPSA) is 47.6 Å². The fraction of sp³-hybridized carbons (Fsp3) is 0.235. The minimum atomic E-state index is 0.471. The van der Waals surface area contributed by atoms with Crippen LogP contribution in [0, 0.1) is 0 Å². The molecule has 0 unspecified atom stereocenters. The van der Waals surface area contributed by atoms with Crippen molar-refractivity contribution in [3.05, 3.63) is 41.5 Å². The van der Waals surface area contributed by atoms with Crippen LogP contribution in [-0.4, -0.2) is 27.1 Å². The lowest BCUT2D eigenvalue weighted by Crippen LogP contribution is -1.96. The average molecular weight is 283 g/mol. The predicted octanol–water partition coefficient (Wildman–Crippen LogP) is 3.15. The van der Waals surface area contributed by atoms with E-state index in [1.807, 2.05) is 18.2 Å². The van der Waals surface area contributed by atoms with E-state index in [0.29, 0.717) is 17.1 Å². The highest BCUT2D eigenvalue weighted by molar-refractivity contribution is 5.85. The minimum Gasteiger partial charge on any atom is -0.493 e. The van der Waals surface area contributed by atoms with E-state index in [1.165, 1.54) is 18.4 Å². The third-order valence-electron chi connectivity index (χ3n) is 3.78. The van der Waals surface area contributed by atoms with Gasteiger partial charge in [0.15, 0.2) is 17.8 Å². The standard InChI is InChI=1S/C17H17NO3/c1-20-16-9-13(8-14(10-19)17(16)21-2)11-3-4-15-12(7-11)5-6-18-15/h3-4,7-10,18H,5-6H2,1-2H3. The molecule has 21 heavy (non-hydrogen) atoms. The zero-order valence-corrected chi connectivity index (χ0v) is 12.1. The van der Waals surface area contributed by atoms with Crippen molar-refractivity contribution in [3.8, 4) is 22.6 Å². The first-order chi connectivity index (χ1) is 10.3. The maximum atomic E-state index is 11.3. The molecule has 0 atom stereocenters. The van der Waals surface area contributed by atoms with Crippen LogP contribution in [0.2, 0.25) is 0 Å². The number of hydrogen-bond acceptors (Lipinski definition) is 4. The highest BCUT2D eigenvalue weighted by atomic mass is 16.5. The van der Waals surface area contributed by atoms with Crippen LogP contribution >= 0.6 is 0 Å². The number of anilines is 1. The van der Waals surface area contributed by atoms with E-state index in [9.17, 15) is 4.79 Å². The normalized spacial score (nSPS) is 12.5. The highest BCUT2D eigenvalue weighted by Gasteiger charge is 2.15. The van der Waals surface area contributed by atoms with Crippen molar-refractivity contribution >= 4 is 12.0 Å². The van der Waals surface area contributed by atoms with E-state index in [2.05, 4.69) is 17.4 Å². The van der Waals surface area contributed by atoms with Gasteiger partial charge in [-0.2, -0.15) is 0 Å². The van der Waals surface area contributed by atoms with E-state index < -0.39 is 0 Å². The Labute approximate surface area is 123 Å². The second-order valence-electron chi connectivity index (χ2n) is 4.97. The summed E-state index contributed by atoms with van der Waals surface area (Å²) in [6.07, 6.45) is 1.82. The molecule has 0 aromatic heterocycles. The zero-order chi connectivity index (χ0) is 14.8. The second-order valence-corrected chi connectivity index (χ2v) is 4.97. The summed E-state index contributed by atoms with van der Waals surface area (Å²) in [7, 11) is 3.11. The molecule has 0 fully saturated rings. The molecule has 4 nitrogen and oxygen atoms in total. The fourth-order valence-corrected chi connectivity index (χ4v) is 2.73. The first-order valence-corrected chi connectivity index (χ1v) is 6.85. The Balaban J connectivity index is 2.12. The van der Waals surface area contributed by atoms with Gasteiger partial charge >= 0.3 is 0 Å². The third kappa shape index (κ3) is 2.33. The predicted molar refractivity (Wildman–Crippen MR) is 82.6 cm³/mol. The van der Waals surface area contributed by atoms with Crippen LogP contribution in [0.15, 0.2) is 30.3 Å². The van der Waals surface area contributed by atoms with Gasteiger partial charge in [0.2, 0.25) is 0 Å². The van der Waals surface area contributed by atoms with Crippen molar-refractivity contribution in [1.82, 2.24) is 0 Å². The lowest BCUT2D eigenvalue weighted by atomic mass is 9.99. The number of nitrogens with one attached hydrogen (secondary N) is 1. The smallest absolute Gasteiger partial charge is 0.171 e. The summed E-state index contributed by atoms with van der Waals surface area (Å²) in [6, 6.07) is 10.0. The molecule has 1 N–H and O–H groups in total. The maximum Gasteiger partial charge on any atom is 0.171 e. The molecule has 108 valence electrons. The first-order valence-electron chi connectivity index (χ1n) is 6.85. The van der Waals surface area contributed by atoms with Crippen molar-refractivity contribution in [3.63, 3.8) is 0 Å². The van der Waals surface area contributed by atoms with Gasteiger partial charge in [-0.25, -0.2) is 0 Å². The van der Waals surface area contributed by atoms with Crippen LogP contribution in [-0.2, 0) is 6.42 Å². The van der Waals surface area contributed by atoms with Crippen molar-refractivity contribution in [2.45, 2.75) is 6.42 Å². The lowest BCUT2D eigenvalue weighted by Gasteiger charge is -2.13. The Morgan fingerprint density at radius 2 is 1.95 bits per heavy atom. The maximum absolute atomic E-state index is 11.3. The van der Waals surface area contributed by atoms with Gasteiger partial charge in [0.1, 0.15) is 0 Å². The fourth-order valence-electron chi connectivity index (χ4n) is 2.73.